The number of hydrogen-bond donors (Lipinski definition) is 0. The van der Waals surface area contributed by atoms with E-state index < -0.39 is 0 Å². The average molecular weight is 387 g/mol. The van der Waals surface area contributed by atoms with Gasteiger partial charge in [-0.05, 0) is 67.5 Å². The molecule has 0 unspecified atom stereocenters. The lowest BCUT2D eigenvalue weighted by Gasteiger charge is -2.16. The number of halogens is 1. The predicted molar refractivity (Wildman–Crippen MR) is 111 cm³/mol. The second-order valence-electron chi connectivity index (χ2n) is 6.49. The van der Waals surface area contributed by atoms with E-state index in [2.05, 4.69) is 36.2 Å². The molecule has 136 valence electrons. The second-order valence-corrected chi connectivity index (χ2v) is 8.22. The number of nitrogens with zero attached hydrogens (tertiary/aromatic N) is 2. The quantitative estimate of drug-likeness (QED) is 0.507. The first kappa shape index (κ1) is 19.0. The molecule has 3 rings (SSSR count). The summed E-state index contributed by atoms with van der Waals surface area (Å²) >= 11 is 7.13. The van der Waals surface area contributed by atoms with Gasteiger partial charge in [-0.15, -0.1) is 11.3 Å². The van der Waals surface area contributed by atoms with Crippen LogP contribution in [0.15, 0.2) is 54.6 Å². The van der Waals surface area contributed by atoms with Crippen LogP contribution in [0, 0.1) is 9.77 Å². The van der Waals surface area contributed by atoms with Gasteiger partial charge in [-0.1, -0.05) is 30.3 Å². The van der Waals surface area contributed by atoms with Gasteiger partial charge >= 0.3 is 0 Å². The van der Waals surface area contributed by atoms with Gasteiger partial charge in [0.05, 0.1) is 5.69 Å². The zero-order chi connectivity index (χ0) is 18.5. The van der Waals surface area contributed by atoms with Crippen molar-refractivity contribution in [2.24, 2.45) is 7.05 Å². The van der Waals surface area contributed by atoms with E-state index in [-0.39, 0.29) is 5.82 Å². The number of likely N-dealkylation sites (N-methyl/N-ethyl adjacent to an activating group) is 1. The SMILES string of the molecule is CN(CCc1ccccc1)CCc1sc(=S)n(C)c1-c1ccc(F)cc1. The Labute approximate surface area is 163 Å². The van der Waals surface area contributed by atoms with Gasteiger partial charge in [0.2, 0.25) is 0 Å². The molecule has 0 spiro atoms. The maximum Gasteiger partial charge on any atom is 0.161 e. The van der Waals surface area contributed by atoms with Crippen LogP contribution in [0.4, 0.5) is 4.39 Å². The van der Waals surface area contributed by atoms with Crippen LogP contribution in [0.1, 0.15) is 10.4 Å². The van der Waals surface area contributed by atoms with Gasteiger partial charge < -0.3 is 9.47 Å². The molecule has 0 aliphatic rings. The van der Waals surface area contributed by atoms with E-state index in [0.29, 0.717) is 0 Å². The smallest absolute Gasteiger partial charge is 0.161 e. The lowest BCUT2D eigenvalue weighted by Crippen LogP contribution is -2.23. The van der Waals surface area contributed by atoms with Crippen LogP contribution < -0.4 is 0 Å². The summed E-state index contributed by atoms with van der Waals surface area (Å²) in [5.41, 5.74) is 3.49. The van der Waals surface area contributed by atoms with Crippen LogP contribution in [0.25, 0.3) is 11.3 Å². The molecule has 2 aromatic carbocycles. The first-order valence-electron chi connectivity index (χ1n) is 8.71. The second kappa shape index (κ2) is 8.71. The maximum absolute atomic E-state index is 13.3. The van der Waals surface area contributed by atoms with Crippen LogP contribution in [-0.4, -0.2) is 29.6 Å². The van der Waals surface area contributed by atoms with Gasteiger partial charge in [0.25, 0.3) is 0 Å². The third-order valence-corrected chi connectivity index (χ3v) is 6.16. The Morgan fingerprint density at radius 1 is 1.00 bits per heavy atom. The molecular formula is C21H23FN2S2. The fraction of sp³-hybridized carbons (Fsp3) is 0.286. The fourth-order valence-electron chi connectivity index (χ4n) is 3.00. The summed E-state index contributed by atoms with van der Waals surface area (Å²) in [5, 5.41) is 0. The molecular weight excluding hydrogens is 363 g/mol. The van der Waals surface area contributed by atoms with Gasteiger partial charge in [-0.25, -0.2) is 4.39 Å². The maximum atomic E-state index is 13.3. The highest BCUT2D eigenvalue weighted by atomic mass is 32.1. The van der Waals surface area contributed by atoms with Crippen LogP contribution >= 0.6 is 23.6 Å². The van der Waals surface area contributed by atoms with Crippen molar-refractivity contribution in [2.45, 2.75) is 12.8 Å². The third-order valence-electron chi connectivity index (χ3n) is 4.55. The molecule has 3 aromatic rings. The Morgan fingerprint density at radius 3 is 2.35 bits per heavy atom. The van der Waals surface area contributed by atoms with Gasteiger partial charge in [0.1, 0.15) is 5.82 Å². The summed E-state index contributed by atoms with van der Waals surface area (Å²) in [5.74, 6) is -0.215. The van der Waals surface area contributed by atoms with E-state index in [1.807, 2.05) is 29.8 Å². The number of aromatic nitrogens is 1. The van der Waals surface area contributed by atoms with Gasteiger partial charge in [-0.2, -0.15) is 0 Å². The lowest BCUT2D eigenvalue weighted by molar-refractivity contribution is 0.343. The Hall–Kier alpha value is -1.82. The molecule has 0 saturated carbocycles. The minimum absolute atomic E-state index is 0.215. The van der Waals surface area contributed by atoms with Crippen molar-refractivity contribution in [3.63, 3.8) is 0 Å². The molecule has 0 aliphatic heterocycles. The lowest BCUT2D eigenvalue weighted by atomic mass is 10.1. The van der Waals surface area contributed by atoms with E-state index >= 15 is 0 Å². The zero-order valence-corrected chi connectivity index (χ0v) is 16.7. The van der Waals surface area contributed by atoms with Gasteiger partial charge in [0, 0.05) is 25.0 Å². The van der Waals surface area contributed by atoms with E-state index in [4.69, 9.17) is 12.2 Å². The number of hydrogen-bond acceptors (Lipinski definition) is 3. The molecule has 0 N–H and O–H groups in total. The molecule has 0 amide bonds. The Balaban J connectivity index is 1.67. The summed E-state index contributed by atoms with van der Waals surface area (Å²) in [6.07, 6.45) is 1.99. The largest absolute Gasteiger partial charge is 0.326 e. The van der Waals surface area contributed by atoms with Crippen molar-refractivity contribution in [3.05, 3.63) is 74.8 Å². The van der Waals surface area contributed by atoms with Gasteiger partial charge in [-0.3, -0.25) is 0 Å². The zero-order valence-electron chi connectivity index (χ0n) is 15.1. The highest BCUT2D eigenvalue weighted by Crippen LogP contribution is 2.29. The van der Waals surface area contributed by atoms with Gasteiger partial charge in [0.15, 0.2) is 3.95 Å². The minimum Gasteiger partial charge on any atom is -0.326 e. The van der Waals surface area contributed by atoms with Crippen molar-refractivity contribution in [1.29, 1.82) is 0 Å². The van der Waals surface area contributed by atoms with Crippen LogP contribution in [0.3, 0.4) is 0 Å². The van der Waals surface area contributed by atoms with E-state index in [0.717, 1.165) is 41.1 Å². The molecule has 0 fully saturated rings. The highest BCUT2D eigenvalue weighted by Gasteiger charge is 2.13. The van der Waals surface area contributed by atoms with E-state index in [1.54, 1.807) is 11.3 Å². The molecule has 0 bridgehead atoms. The third kappa shape index (κ3) is 4.67. The van der Waals surface area contributed by atoms with Crippen molar-refractivity contribution in [1.82, 2.24) is 9.47 Å². The minimum atomic E-state index is -0.215. The van der Waals surface area contributed by atoms with Crippen molar-refractivity contribution < 1.29 is 4.39 Å². The fourth-order valence-corrected chi connectivity index (χ4v) is 4.38. The molecule has 1 aromatic heterocycles. The molecule has 2 nitrogen and oxygen atoms in total. The Kier molecular flexibility index (Phi) is 6.35. The average Bonchev–Trinajstić information content (AvgIpc) is 2.94. The molecule has 0 saturated heterocycles. The standard InChI is InChI=1S/C21H23FN2S2/c1-23(14-12-16-6-4-3-5-7-16)15-13-19-20(24(2)21(25)26-19)17-8-10-18(22)11-9-17/h3-11H,12-15H2,1-2H3. The van der Waals surface area contributed by atoms with Crippen molar-refractivity contribution in [3.8, 4) is 11.3 Å². The highest BCUT2D eigenvalue weighted by molar-refractivity contribution is 7.73. The summed E-state index contributed by atoms with van der Waals surface area (Å²) < 4.78 is 16.1. The van der Waals surface area contributed by atoms with Crippen LogP contribution in [-0.2, 0) is 19.9 Å². The summed E-state index contributed by atoms with van der Waals surface area (Å²) in [7, 11) is 4.14. The van der Waals surface area contributed by atoms with Crippen LogP contribution in [0.5, 0.6) is 0 Å². The normalized spacial score (nSPS) is 11.2. The van der Waals surface area contributed by atoms with Crippen LogP contribution in [0.2, 0.25) is 0 Å². The molecule has 26 heavy (non-hydrogen) atoms. The molecule has 5 heteroatoms. The number of rotatable bonds is 7. The number of thiazole rings is 1. The Morgan fingerprint density at radius 2 is 1.65 bits per heavy atom. The molecule has 0 radical (unpaired) electrons. The first-order valence-corrected chi connectivity index (χ1v) is 9.94. The number of benzene rings is 2. The molecule has 1 heterocycles. The predicted octanol–water partition coefficient (Wildman–Crippen LogP) is 5.34. The monoisotopic (exact) mass is 386 g/mol. The van der Waals surface area contributed by atoms with E-state index in [9.17, 15) is 4.39 Å². The first-order chi connectivity index (χ1) is 12.5. The summed E-state index contributed by atoms with van der Waals surface area (Å²) in [4.78, 5) is 3.61. The molecule has 0 atom stereocenters. The summed E-state index contributed by atoms with van der Waals surface area (Å²) in [6.45, 7) is 1.99. The van der Waals surface area contributed by atoms with Crippen molar-refractivity contribution >= 4 is 23.6 Å². The van der Waals surface area contributed by atoms with E-state index in [1.165, 1.54) is 22.6 Å². The molecule has 0 aliphatic carbocycles. The topological polar surface area (TPSA) is 8.17 Å². The van der Waals surface area contributed by atoms with Crippen molar-refractivity contribution in [2.75, 3.05) is 20.1 Å². The summed E-state index contributed by atoms with van der Waals surface area (Å²) in [6, 6.07) is 17.2. The Bertz CT molecular complexity index is 898.